The van der Waals surface area contributed by atoms with Gasteiger partial charge in [0.05, 0.1) is 24.4 Å². The molecule has 41 heavy (non-hydrogen) atoms. The quantitative estimate of drug-likeness (QED) is 0.192. The number of carbonyl (C=O) groups is 2. The Morgan fingerprint density at radius 1 is 0.829 bits per heavy atom. The molecule has 4 aromatic rings. The molecule has 0 aliphatic carbocycles. The molecule has 4 aromatic carbocycles. The van der Waals surface area contributed by atoms with Crippen molar-refractivity contribution in [2.45, 2.75) is 36.9 Å². The first-order chi connectivity index (χ1) is 19.9. The predicted octanol–water partition coefficient (Wildman–Crippen LogP) is 6.71. The summed E-state index contributed by atoms with van der Waals surface area (Å²) in [7, 11) is 0. The summed E-state index contributed by atoms with van der Waals surface area (Å²) in [5.74, 6) is -0.531. The number of aromatic carboxylic acids is 1. The first kappa shape index (κ1) is 28.6. The normalized spacial score (nSPS) is 20.3. The van der Waals surface area contributed by atoms with Gasteiger partial charge in [-0.2, -0.15) is 0 Å². The van der Waals surface area contributed by atoms with E-state index in [1.54, 1.807) is 48.2 Å². The van der Waals surface area contributed by atoms with Gasteiger partial charge < -0.3 is 25.0 Å². The van der Waals surface area contributed by atoms with E-state index in [2.05, 4.69) is 12.2 Å². The zero-order valence-corrected chi connectivity index (χ0v) is 23.3. The van der Waals surface area contributed by atoms with Crippen molar-refractivity contribution in [2.24, 2.45) is 5.92 Å². The van der Waals surface area contributed by atoms with Gasteiger partial charge in [0.1, 0.15) is 0 Å². The minimum Gasteiger partial charge on any atom is -0.478 e. The minimum atomic E-state index is -0.956. The molecule has 0 radical (unpaired) electrons. The van der Waals surface area contributed by atoms with Gasteiger partial charge in [0.2, 0.25) is 0 Å². The van der Waals surface area contributed by atoms with Crippen LogP contribution in [0.3, 0.4) is 0 Å². The molecule has 4 atom stereocenters. The minimum absolute atomic E-state index is 0.00187. The van der Waals surface area contributed by atoms with Crippen LogP contribution in [0.2, 0.25) is 0 Å². The summed E-state index contributed by atoms with van der Waals surface area (Å²) in [5.41, 5.74) is 4.03. The van der Waals surface area contributed by atoms with Gasteiger partial charge in [0.25, 0.3) is 5.91 Å². The lowest BCUT2D eigenvalue weighted by atomic mass is 9.91. The molecule has 210 valence electrons. The number of carboxylic acid groups (broad SMARTS) is 1. The van der Waals surface area contributed by atoms with Gasteiger partial charge in [-0.3, -0.25) is 4.79 Å². The van der Waals surface area contributed by atoms with E-state index in [4.69, 9.17) is 9.47 Å². The van der Waals surface area contributed by atoms with Crippen molar-refractivity contribution in [3.8, 4) is 0 Å². The van der Waals surface area contributed by atoms with Crippen molar-refractivity contribution in [2.75, 3.05) is 11.1 Å². The topological polar surface area (TPSA) is 105 Å². The summed E-state index contributed by atoms with van der Waals surface area (Å²) >= 11 is 1.60. The number of carbonyl (C=O) groups excluding carboxylic acids is 1. The SMILES string of the molecule is C[C@H]1[C@@H](CSc2ccc(C(=O)O)cc2)O[C@@H](c2cccc(NC(=O)c3ccccc3)c2)O[C@H]1c1ccc(CO)cc1. The van der Waals surface area contributed by atoms with Crippen molar-refractivity contribution in [3.05, 3.63) is 131 Å². The van der Waals surface area contributed by atoms with Crippen LogP contribution in [0.1, 0.15) is 56.7 Å². The molecule has 1 aliphatic heterocycles. The molecule has 0 spiro atoms. The number of aliphatic hydroxyl groups is 1. The summed E-state index contributed by atoms with van der Waals surface area (Å²) in [4.78, 5) is 24.9. The van der Waals surface area contributed by atoms with Crippen LogP contribution >= 0.6 is 11.8 Å². The van der Waals surface area contributed by atoms with Crippen molar-refractivity contribution < 1.29 is 29.3 Å². The summed E-state index contributed by atoms with van der Waals surface area (Å²) in [6.45, 7) is 2.06. The second-order valence-electron chi connectivity index (χ2n) is 9.91. The van der Waals surface area contributed by atoms with Gasteiger partial charge >= 0.3 is 5.97 Å². The molecule has 0 saturated carbocycles. The molecule has 1 fully saturated rings. The van der Waals surface area contributed by atoms with Gasteiger partial charge in [0.15, 0.2) is 6.29 Å². The second kappa shape index (κ2) is 13.1. The van der Waals surface area contributed by atoms with Crippen LogP contribution in [0.5, 0.6) is 0 Å². The summed E-state index contributed by atoms with van der Waals surface area (Å²) in [6.07, 6.45) is -1.14. The third-order valence-corrected chi connectivity index (χ3v) is 8.19. The molecule has 1 saturated heterocycles. The summed E-state index contributed by atoms with van der Waals surface area (Å²) < 4.78 is 13.1. The Hall–Kier alpha value is -3.95. The number of amides is 1. The van der Waals surface area contributed by atoms with Crippen LogP contribution in [0.15, 0.2) is 108 Å². The first-order valence-corrected chi connectivity index (χ1v) is 14.3. The van der Waals surface area contributed by atoms with Crippen molar-refractivity contribution in [3.63, 3.8) is 0 Å². The lowest BCUT2D eigenvalue weighted by Crippen LogP contribution is -2.38. The van der Waals surface area contributed by atoms with E-state index < -0.39 is 12.3 Å². The van der Waals surface area contributed by atoms with E-state index >= 15 is 0 Å². The highest BCUT2D eigenvalue weighted by atomic mass is 32.2. The maximum atomic E-state index is 12.7. The Morgan fingerprint density at radius 3 is 2.24 bits per heavy atom. The number of rotatable bonds is 9. The van der Waals surface area contributed by atoms with Crippen molar-refractivity contribution in [1.29, 1.82) is 0 Å². The number of anilines is 1. The van der Waals surface area contributed by atoms with Gasteiger partial charge in [-0.15, -0.1) is 11.8 Å². The zero-order valence-electron chi connectivity index (χ0n) is 22.5. The van der Waals surface area contributed by atoms with Gasteiger partial charge in [-0.1, -0.05) is 61.5 Å². The Morgan fingerprint density at radius 2 is 1.56 bits per heavy atom. The number of aliphatic hydroxyl groups excluding tert-OH is 1. The van der Waals surface area contributed by atoms with E-state index in [1.807, 2.05) is 66.7 Å². The lowest BCUT2D eigenvalue weighted by molar-refractivity contribution is -0.268. The maximum Gasteiger partial charge on any atom is 0.335 e. The highest BCUT2D eigenvalue weighted by molar-refractivity contribution is 7.99. The zero-order chi connectivity index (χ0) is 28.8. The van der Waals surface area contributed by atoms with E-state index in [9.17, 15) is 19.8 Å². The largest absolute Gasteiger partial charge is 0.478 e. The van der Waals surface area contributed by atoms with Crippen molar-refractivity contribution in [1.82, 2.24) is 0 Å². The Labute approximate surface area is 243 Å². The number of ether oxygens (including phenoxy) is 2. The first-order valence-electron chi connectivity index (χ1n) is 13.3. The third-order valence-electron chi connectivity index (χ3n) is 7.09. The molecule has 0 unspecified atom stereocenters. The Kier molecular flexibility index (Phi) is 9.16. The molecule has 0 bridgehead atoms. The number of thioether (sulfide) groups is 1. The average molecular weight is 570 g/mol. The Bertz CT molecular complexity index is 1480. The molecular weight excluding hydrogens is 538 g/mol. The van der Waals surface area contributed by atoms with Crippen LogP contribution in [-0.4, -0.2) is 33.9 Å². The van der Waals surface area contributed by atoms with Crippen molar-refractivity contribution >= 4 is 29.3 Å². The predicted molar refractivity (Wildman–Crippen MR) is 158 cm³/mol. The number of hydrogen-bond acceptors (Lipinski definition) is 6. The van der Waals surface area contributed by atoms with E-state index in [0.29, 0.717) is 17.0 Å². The van der Waals surface area contributed by atoms with E-state index in [0.717, 1.165) is 21.6 Å². The summed E-state index contributed by atoms with van der Waals surface area (Å²) in [5, 5.41) is 21.6. The fraction of sp³-hybridized carbons (Fsp3) is 0.212. The number of benzene rings is 4. The summed E-state index contributed by atoms with van der Waals surface area (Å²) in [6, 6.07) is 31.0. The van der Waals surface area contributed by atoms with Crippen LogP contribution < -0.4 is 5.32 Å². The average Bonchev–Trinajstić information content (AvgIpc) is 3.01. The standard InChI is InChI=1S/C33H31NO6S/c1-21-29(20-41-28-16-14-25(15-17-28)32(37)38)39-33(40-30(21)23-12-10-22(19-35)11-13-23)26-8-5-9-27(18-26)34-31(36)24-6-3-2-4-7-24/h2-18,21,29-30,33,35H,19-20H2,1H3,(H,34,36)(H,37,38)/t21-,29+,30+,33+/m0/s1. The molecule has 0 aromatic heterocycles. The molecule has 5 rings (SSSR count). The van der Waals surface area contributed by atoms with Crippen LogP contribution in [0.25, 0.3) is 0 Å². The smallest absolute Gasteiger partial charge is 0.335 e. The van der Waals surface area contributed by atoms with Gasteiger partial charge in [-0.25, -0.2) is 4.79 Å². The number of nitrogens with one attached hydrogen (secondary N) is 1. The highest BCUT2D eigenvalue weighted by Gasteiger charge is 2.38. The Balaban J connectivity index is 1.37. The fourth-order valence-corrected chi connectivity index (χ4v) is 5.81. The van der Waals surface area contributed by atoms with Gasteiger partial charge in [0, 0.05) is 33.4 Å². The van der Waals surface area contributed by atoms with Crippen LogP contribution in [0.4, 0.5) is 5.69 Å². The third kappa shape index (κ3) is 7.04. The number of carboxylic acids is 1. The lowest BCUT2D eigenvalue weighted by Gasteiger charge is -2.41. The van der Waals surface area contributed by atoms with Crippen LogP contribution in [0, 0.1) is 5.92 Å². The molecule has 3 N–H and O–H groups in total. The molecule has 1 amide bonds. The molecule has 8 heteroatoms. The fourth-order valence-electron chi connectivity index (χ4n) is 4.74. The second-order valence-corrected chi connectivity index (χ2v) is 11.0. The van der Waals surface area contributed by atoms with E-state index in [1.165, 1.54) is 0 Å². The molecular formula is C33H31NO6S. The monoisotopic (exact) mass is 569 g/mol. The maximum absolute atomic E-state index is 12.7. The van der Waals surface area contributed by atoms with Crippen LogP contribution in [-0.2, 0) is 16.1 Å². The molecule has 7 nitrogen and oxygen atoms in total. The van der Waals surface area contributed by atoms with E-state index in [-0.39, 0.29) is 36.2 Å². The molecule has 1 heterocycles. The van der Waals surface area contributed by atoms with Gasteiger partial charge in [-0.05, 0) is 59.7 Å². The molecule has 1 aliphatic rings. The highest BCUT2D eigenvalue weighted by Crippen LogP contribution is 2.43. The number of hydrogen-bond donors (Lipinski definition) is 3.